The highest BCUT2D eigenvalue weighted by Gasteiger charge is 2.47. The van der Waals surface area contributed by atoms with Gasteiger partial charge in [0, 0.05) is 34.2 Å². The highest BCUT2D eigenvalue weighted by molar-refractivity contribution is 7.49. The molecule has 0 bridgehead atoms. The van der Waals surface area contributed by atoms with Crippen molar-refractivity contribution in [1.29, 1.82) is 0 Å². The van der Waals surface area contributed by atoms with E-state index in [0.717, 1.165) is 95.9 Å². The number of likely N-dealkylation sites (tertiary alicyclic amines) is 1. The number of para-hydroxylation sites is 2. The zero-order valence-corrected chi connectivity index (χ0v) is 58.9. The van der Waals surface area contributed by atoms with Gasteiger partial charge >= 0.3 is 19.8 Å². The van der Waals surface area contributed by atoms with Gasteiger partial charge in [0.2, 0.25) is 11.8 Å². The van der Waals surface area contributed by atoms with Crippen molar-refractivity contribution in [1.82, 2.24) is 10.2 Å². The van der Waals surface area contributed by atoms with E-state index in [1.807, 2.05) is 0 Å². The Morgan fingerprint density at radius 2 is 1.04 bits per heavy atom. The van der Waals surface area contributed by atoms with Gasteiger partial charge in [0.25, 0.3) is 0 Å². The molecule has 1 fully saturated rings. The van der Waals surface area contributed by atoms with E-state index in [1.165, 1.54) is 109 Å². The van der Waals surface area contributed by atoms with E-state index in [9.17, 15) is 24.6 Å². The number of ether oxygens (including phenoxy) is 4. The molecule has 3 rings (SSSR count). The van der Waals surface area contributed by atoms with Gasteiger partial charge in [0.05, 0.1) is 37.5 Å². The molecule has 0 spiro atoms. The first-order chi connectivity index (χ1) is 43.6. The zero-order chi connectivity index (χ0) is 65.3. The van der Waals surface area contributed by atoms with E-state index < -0.39 is 83.3 Å². The second-order valence-corrected chi connectivity index (χ2v) is 33.6. The maximum atomic E-state index is 15.5. The number of phosphoric ester groups is 1. The van der Waals surface area contributed by atoms with E-state index in [-0.39, 0.29) is 43.5 Å². The lowest BCUT2D eigenvalue weighted by Gasteiger charge is -2.36. The summed E-state index contributed by atoms with van der Waals surface area (Å²) in [6.45, 7) is 13.6. The van der Waals surface area contributed by atoms with Crippen LogP contribution in [0.2, 0.25) is 25.7 Å². The number of esters is 2. The molecule has 1 aliphatic rings. The average molecular weight is 1300 g/mol. The first-order valence-electron chi connectivity index (χ1n) is 35.8. The number of benzene rings is 2. The van der Waals surface area contributed by atoms with Crippen molar-refractivity contribution >= 4 is 39.6 Å². The van der Waals surface area contributed by atoms with Gasteiger partial charge in [0.1, 0.15) is 37.1 Å². The lowest BCUT2D eigenvalue weighted by Crippen LogP contribution is -2.57. The van der Waals surface area contributed by atoms with Crippen LogP contribution in [0.1, 0.15) is 258 Å². The topological polar surface area (TPSA) is 206 Å². The Balaban J connectivity index is 2.09. The fourth-order valence-electron chi connectivity index (χ4n) is 11.4. The smallest absolute Gasteiger partial charge is 0.463 e. The Morgan fingerprint density at radius 3 is 1.49 bits per heavy atom. The van der Waals surface area contributed by atoms with E-state index in [4.69, 9.17) is 32.5 Å². The molecule has 18 heteroatoms. The van der Waals surface area contributed by atoms with Crippen molar-refractivity contribution in [3.05, 3.63) is 60.7 Å². The summed E-state index contributed by atoms with van der Waals surface area (Å²) in [5, 5.41) is 27.0. The summed E-state index contributed by atoms with van der Waals surface area (Å²) in [4.78, 5) is 58.1. The molecule has 5 atom stereocenters. The molecule has 0 aliphatic carbocycles. The molecule has 1 aliphatic heterocycles. The van der Waals surface area contributed by atoms with Gasteiger partial charge in [-0.05, 0) is 62.4 Å². The lowest BCUT2D eigenvalue weighted by molar-refractivity contribution is -0.173. The molecular weight excluding hydrogens is 1180 g/mol. The Labute approximate surface area is 546 Å². The third kappa shape index (κ3) is 39.0. The molecular formula is C72H125N2O14PSi. The zero-order valence-electron chi connectivity index (χ0n) is 57.0. The van der Waals surface area contributed by atoms with Crippen LogP contribution in [-0.2, 0) is 47.2 Å². The van der Waals surface area contributed by atoms with E-state index in [1.54, 1.807) is 65.6 Å². The molecule has 1 saturated heterocycles. The minimum absolute atomic E-state index is 0.00559. The van der Waals surface area contributed by atoms with Gasteiger partial charge in [-0.2, -0.15) is 0 Å². The molecule has 2 aromatic rings. The van der Waals surface area contributed by atoms with E-state index in [0.29, 0.717) is 39.0 Å². The third-order valence-electron chi connectivity index (χ3n) is 17.1. The molecule has 16 nitrogen and oxygen atoms in total. The number of aliphatic hydroxyl groups is 2. The predicted octanol–water partition coefficient (Wildman–Crippen LogP) is 17.6. The highest BCUT2D eigenvalue weighted by Crippen LogP contribution is 2.52. The van der Waals surface area contributed by atoms with Gasteiger partial charge in [-0.3, -0.25) is 23.7 Å². The summed E-state index contributed by atoms with van der Waals surface area (Å²) in [7, 11) is -6.39. The van der Waals surface area contributed by atoms with Crippen LogP contribution < -0.4 is 14.4 Å². The van der Waals surface area contributed by atoms with Crippen molar-refractivity contribution in [2.45, 2.75) is 314 Å². The Hall–Kier alpha value is -3.83. The van der Waals surface area contributed by atoms with Crippen LogP contribution in [0.4, 0.5) is 0 Å². The van der Waals surface area contributed by atoms with E-state index >= 15 is 9.36 Å². The van der Waals surface area contributed by atoms with Crippen LogP contribution in [0, 0.1) is 5.92 Å². The average Bonchev–Trinajstić information content (AvgIpc) is 2.09. The first-order valence-corrected chi connectivity index (χ1v) is 41.0. The van der Waals surface area contributed by atoms with Crippen molar-refractivity contribution in [3.63, 3.8) is 0 Å². The minimum Gasteiger partial charge on any atom is -0.463 e. The Kier molecular flexibility index (Phi) is 45.2. The van der Waals surface area contributed by atoms with Crippen molar-refractivity contribution in [2.75, 3.05) is 39.7 Å². The molecule has 1 heterocycles. The predicted molar refractivity (Wildman–Crippen MR) is 364 cm³/mol. The summed E-state index contributed by atoms with van der Waals surface area (Å²) in [5.41, 5.74) is 0. The second-order valence-electron chi connectivity index (χ2n) is 26.5. The SMILES string of the molecule is CCCCCCCCCCCCC(CCCCCCCCCCCC)C(=O)O[C@@H]([C@H](OP(=O)(Oc1ccccc1)Oc1ccccc1)[C@H](O)COC(=O)CCC(=O)N1CCCC1)[C@H](CO)NC(=O)C[C@@H](CCCCCCCCCCC)OCOCC[Si](C)(C)C. The van der Waals surface area contributed by atoms with Crippen molar-refractivity contribution < 1.29 is 66.5 Å². The molecule has 2 amide bonds. The number of carbonyl (C=O) groups excluding carboxylic acids is 4. The lowest BCUT2D eigenvalue weighted by atomic mass is 9.93. The number of nitrogens with one attached hydrogen (secondary N) is 1. The fraction of sp³-hybridized carbons (Fsp3) is 0.778. The number of carbonyl (C=O) groups is 4. The summed E-state index contributed by atoms with van der Waals surface area (Å²) >= 11 is 0. The van der Waals surface area contributed by atoms with Gasteiger partial charge in [-0.15, -0.1) is 0 Å². The molecule has 3 N–H and O–H groups in total. The highest BCUT2D eigenvalue weighted by atomic mass is 31.2. The summed E-state index contributed by atoms with van der Waals surface area (Å²) < 4.78 is 58.8. The maximum absolute atomic E-state index is 15.5. The number of unbranched alkanes of at least 4 members (excludes halogenated alkanes) is 26. The molecule has 90 heavy (non-hydrogen) atoms. The Morgan fingerprint density at radius 1 is 0.600 bits per heavy atom. The molecule has 0 aromatic heterocycles. The van der Waals surface area contributed by atoms with Gasteiger partial charge in [-0.1, -0.05) is 263 Å². The number of hydrogen-bond donors (Lipinski definition) is 3. The number of rotatable bonds is 58. The number of aliphatic hydroxyl groups excluding tert-OH is 2. The maximum Gasteiger partial charge on any atom is 0.588 e. The molecule has 0 unspecified atom stereocenters. The van der Waals surface area contributed by atoms with E-state index in [2.05, 4.69) is 45.7 Å². The number of hydrogen-bond acceptors (Lipinski definition) is 14. The van der Waals surface area contributed by atoms with Gasteiger partial charge in [0.15, 0.2) is 6.10 Å². The van der Waals surface area contributed by atoms with Gasteiger partial charge in [-0.25, -0.2) is 4.57 Å². The standard InChI is InChI=1S/C72H125N2O14PSi/c1-7-10-13-16-19-22-25-27-30-35-44-61(45-36-31-28-26-23-20-17-14-11-8-2)72(80)85-70(65(58-75)73-67(77)57-64(84-60-82-55-56-90(4,5)6)50-37-32-29-24-21-18-15-12-9-3)71(66(76)59-83-69(79)52-51-68(78)74-53-42-43-54-74)88-89(81,86-62-46-38-33-39-47-62)87-63-48-40-34-41-49-63/h33-34,38-41,46-49,61,64-66,70-71,75-76H,7-32,35-37,42-45,50-60H2,1-6H3,(H,73,77)/t64-,65+,66-,70-,71-/m1/s1. The molecule has 2 aromatic carbocycles. The summed E-state index contributed by atoms with van der Waals surface area (Å²) in [6, 6.07) is 15.8. The van der Waals surface area contributed by atoms with Gasteiger partial charge < -0.3 is 48.4 Å². The van der Waals surface area contributed by atoms with Crippen molar-refractivity contribution in [2.24, 2.45) is 5.92 Å². The number of nitrogens with zero attached hydrogens (tertiary/aromatic N) is 1. The quantitative estimate of drug-likeness (QED) is 0.0185. The fourth-order valence-corrected chi connectivity index (χ4v) is 13.6. The summed E-state index contributed by atoms with van der Waals surface area (Å²) in [5.74, 6) is -2.61. The molecule has 0 saturated carbocycles. The van der Waals surface area contributed by atoms with Crippen LogP contribution in [0.3, 0.4) is 0 Å². The normalized spacial score (nSPS) is 14.5. The Bertz CT molecular complexity index is 2100. The second kappa shape index (κ2) is 50.6. The van der Waals surface area contributed by atoms with Crippen LogP contribution in [-0.4, -0.2) is 117 Å². The van der Waals surface area contributed by atoms with Crippen molar-refractivity contribution in [3.8, 4) is 11.5 Å². The van der Waals surface area contributed by atoms with Crippen LogP contribution in [0.15, 0.2) is 60.7 Å². The van der Waals surface area contributed by atoms with Crippen LogP contribution in [0.5, 0.6) is 11.5 Å². The summed E-state index contributed by atoms with van der Waals surface area (Å²) in [6.07, 6.45) is 29.1. The van der Waals surface area contributed by atoms with Crippen LogP contribution >= 0.6 is 7.82 Å². The third-order valence-corrected chi connectivity index (χ3v) is 20.1. The minimum atomic E-state index is -4.99. The number of amides is 2. The molecule has 0 radical (unpaired) electrons. The molecule has 516 valence electrons. The monoisotopic (exact) mass is 1300 g/mol. The van der Waals surface area contributed by atoms with Crippen LogP contribution in [0.25, 0.3) is 0 Å². The first kappa shape index (κ1) is 80.4. The largest absolute Gasteiger partial charge is 0.588 e. The number of phosphoric acid groups is 1.